The van der Waals surface area contributed by atoms with Crippen molar-refractivity contribution in [2.24, 2.45) is 0 Å². The summed E-state index contributed by atoms with van der Waals surface area (Å²) in [4.78, 5) is 13.2. The van der Waals surface area contributed by atoms with E-state index in [1.165, 1.54) is 0 Å². The van der Waals surface area contributed by atoms with Crippen LogP contribution in [-0.4, -0.2) is 18.0 Å². The molecule has 0 aliphatic heterocycles. The Kier molecular flexibility index (Phi) is 4.91. The number of carbonyl (C=O) groups excluding carboxylic acids is 1. The molecule has 0 aliphatic rings. The van der Waals surface area contributed by atoms with Gasteiger partial charge in [0.1, 0.15) is 0 Å². The normalized spacial score (nSPS) is 8.67. The Bertz CT molecular complexity index is 81.0. The van der Waals surface area contributed by atoms with Gasteiger partial charge in [0.05, 0.1) is 6.61 Å². The van der Waals surface area contributed by atoms with E-state index in [0.29, 0.717) is 6.61 Å². The Morgan fingerprint density at radius 3 is 2.78 bits per heavy atom. The van der Waals surface area contributed by atoms with Crippen molar-refractivity contribution in [3.05, 3.63) is 0 Å². The zero-order valence-corrected chi connectivity index (χ0v) is 5.29. The van der Waals surface area contributed by atoms with Crippen LogP contribution in [0, 0.1) is 0 Å². The third kappa shape index (κ3) is 5.10. The van der Waals surface area contributed by atoms with Gasteiger partial charge in [-0.2, -0.15) is 5.26 Å². The Morgan fingerprint density at radius 2 is 2.33 bits per heavy atom. The van der Waals surface area contributed by atoms with Gasteiger partial charge in [-0.05, 0) is 6.42 Å². The molecular weight excluding hydrogens is 124 g/mol. The molecular formula is C5H10O4. The monoisotopic (exact) mass is 134 g/mol. The summed E-state index contributed by atoms with van der Waals surface area (Å²) >= 11 is 0. The van der Waals surface area contributed by atoms with Gasteiger partial charge < -0.3 is 4.74 Å². The van der Waals surface area contributed by atoms with Crippen molar-refractivity contribution >= 4 is 6.16 Å². The number of hydrogen-bond acceptors (Lipinski definition) is 4. The molecule has 4 heteroatoms. The molecule has 1 N–H and O–H groups in total. The van der Waals surface area contributed by atoms with Crippen LogP contribution in [0.3, 0.4) is 0 Å². The minimum Gasteiger partial charge on any atom is -0.432 e. The van der Waals surface area contributed by atoms with E-state index in [2.05, 4.69) is 9.62 Å². The van der Waals surface area contributed by atoms with Crippen LogP contribution in [0.1, 0.15) is 19.8 Å². The first-order valence-corrected chi connectivity index (χ1v) is 2.79. The van der Waals surface area contributed by atoms with Crippen molar-refractivity contribution in [3.8, 4) is 0 Å². The smallest absolute Gasteiger partial charge is 0.432 e. The third-order valence-corrected chi connectivity index (χ3v) is 0.792. The van der Waals surface area contributed by atoms with E-state index in [1.54, 1.807) is 0 Å². The summed E-state index contributed by atoms with van der Waals surface area (Å²) in [6.45, 7) is 2.27. The average molecular weight is 134 g/mol. The second-order valence-corrected chi connectivity index (χ2v) is 1.54. The molecule has 0 aromatic heterocycles. The molecule has 0 rings (SSSR count). The summed E-state index contributed by atoms with van der Waals surface area (Å²) in [5, 5.41) is 7.66. The summed E-state index contributed by atoms with van der Waals surface area (Å²) in [6.07, 6.45) is 0.691. The molecule has 0 heterocycles. The molecule has 0 atom stereocenters. The molecule has 0 fully saturated rings. The van der Waals surface area contributed by atoms with Gasteiger partial charge in [-0.15, -0.1) is 0 Å². The van der Waals surface area contributed by atoms with Gasteiger partial charge in [0.25, 0.3) is 0 Å². The van der Waals surface area contributed by atoms with Crippen molar-refractivity contribution < 1.29 is 19.7 Å². The van der Waals surface area contributed by atoms with Crippen molar-refractivity contribution in [1.82, 2.24) is 0 Å². The molecule has 9 heavy (non-hydrogen) atoms. The van der Waals surface area contributed by atoms with E-state index >= 15 is 0 Å². The van der Waals surface area contributed by atoms with E-state index in [4.69, 9.17) is 5.26 Å². The number of hydrogen-bond donors (Lipinski definition) is 1. The summed E-state index contributed by atoms with van der Waals surface area (Å²) in [6, 6.07) is 0. The highest BCUT2D eigenvalue weighted by atomic mass is 17.1. The zero-order valence-electron chi connectivity index (χ0n) is 5.29. The lowest BCUT2D eigenvalue weighted by Gasteiger charge is -1.97. The van der Waals surface area contributed by atoms with E-state index in [9.17, 15) is 4.79 Å². The summed E-state index contributed by atoms with van der Waals surface area (Å²) < 4.78 is 4.32. The van der Waals surface area contributed by atoms with E-state index < -0.39 is 6.16 Å². The topological polar surface area (TPSA) is 55.8 Å². The van der Waals surface area contributed by atoms with Crippen molar-refractivity contribution in [3.63, 3.8) is 0 Å². The average Bonchev–Trinajstić information content (AvgIpc) is 1.89. The van der Waals surface area contributed by atoms with Crippen LogP contribution in [0.25, 0.3) is 0 Å². The van der Waals surface area contributed by atoms with Crippen LogP contribution in [0.15, 0.2) is 0 Å². The fourth-order valence-corrected chi connectivity index (χ4v) is 0.326. The maximum absolute atomic E-state index is 9.99. The minimum atomic E-state index is -1.04. The molecule has 0 aliphatic carbocycles. The van der Waals surface area contributed by atoms with E-state index in [-0.39, 0.29) is 0 Å². The van der Waals surface area contributed by atoms with Crippen molar-refractivity contribution in [2.75, 3.05) is 6.61 Å². The standard InChI is InChI=1S/C5H10O4/c1-2-3-4-8-5(6)9-7/h7H,2-4H2,1H3. The van der Waals surface area contributed by atoms with Gasteiger partial charge in [-0.25, -0.2) is 4.79 Å². The fraction of sp³-hybridized carbons (Fsp3) is 0.800. The Morgan fingerprint density at radius 1 is 1.67 bits per heavy atom. The first kappa shape index (κ1) is 8.23. The highest BCUT2D eigenvalue weighted by Crippen LogP contribution is 1.89. The van der Waals surface area contributed by atoms with Crippen LogP contribution in [0.2, 0.25) is 0 Å². The number of unbranched alkanes of at least 4 members (excludes halogenated alkanes) is 1. The molecule has 0 spiro atoms. The molecule has 0 saturated carbocycles. The second-order valence-electron chi connectivity index (χ2n) is 1.54. The minimum absolute atomic E-state index is 0.301. The van der Waals surface area contributed by atoms with Gasteiger partial charge in [0.2, 0.25) is 0 Å². The van der Waals surface area contributed by atoms with Gasteiger partial charge in [-0.1, -0.05) is 13.3 Å². The van der Waals surface area contributed by atoms with Crippen molar-refractivity contribution in [1.29, 1.82) is 0 Å². The lowest BCUT2D eigenvalue weighted by Crippen LogP contribution is -2.05. The third-order valence-electron chi connectivity index (χ3n) is 0.792. The highest BCUT2D eigenvalue weighted by molar-refractivity contribution is 5.58. The van der Waals surface area contributed by atoms with Crippen LogP contribution in [0.4, 0.5) is 4.79 Å². The molecule has 0 bridgehead atoms. The number of carbonyl (C=O) groups is 1. The summed E-state index contributed by atoms with van der Waals surface area (Å²) in [7, 11) is 0. The van der Waals surface area contributed by atoms with Gasteiger partial charge in [0.15, 0.2) is 0 Å². The molecule has 54 valence electrons. The van der Waals surface area contributed by atoms with Crippen LogP contribution in [-0.2, 0) is 9.62 Å². The maximum Gasteiger partial charge on any atom is 0.540 e. The Balaban J connectivity index is 2.97. The quantitative estimate of drug-likeness (QED) is 0.274. The lowest BCUT2D eigenvalue weighted by molar-refractivity contribution is -0.200. The highest BCUT2D eigenvalue weighted by Gasteiger charge is 1.98. The van der Waals surface area contributed by atoms with E-state index in [1.807, 2.05) is 6.92 Å². The molecule has 0 saturated heterocycles. The van der Waals surface area contributed by atoms with Crippen molar-refractivity contribution in [2.45, 2.75) is 19.8 Å². The van der Waals surface area contributed by atoms with E-state index in [0.717, 1.165) is 12.8 Å². The molecule has 4 nitrogen and oxygen atoms in total. The molecule has 0 unspecified atom stereocenters. The maximum atomic E-state index is 9.99. The summed E-state index contributed by atoms with van der Waals surface area (Å²) in [5.41, 5.74) is 0. The number of ether oxygens (including phenoxy) is 1. The predicted octanol–water partition coefficient (Wildman–Crippen LogP) is 1.41. The predicted molar refractivity (Wildman–Crippen MR) is 30.0 cm³/mol. The molecule has 0 aromatic carbocycles. The Labute approximate surface area is 53.3 Å². The number of rotatable bonds is 3. The molecule has 0 amide bonds. The van der Waals surface area contributed by atoms with Crippen LogP contribution >= 0.6 is 0 Å². The molecule has 0 aromatic rings. The first-order chi connectivity index (χ1) is 4.31. The zero-order chi connectivity index (χ0) is 7.11. The second kappa shape index (κ2) is 5.37. The van der Waals surface area contributed by atoms with Gasteiger partial charge in [-0.3, -0.25) is 4.89 Å². The van der Waals surface area contributed by atoms with Gasteiger partial charge >= 0.3 is 6.16 Å². The van der Waals surface area contributed by atoms with Crippen LogP contribution in [0.5, 0.6) is 0 Å². The fourth-order valence-electron chi connectivity index (χ4n) is 0.326. The lowest BCUT2D eigenvalue weighted by atomic mass is 10.4. The summed E-state index contributed by atoms with van der Waals surface area (Å²) in [5.74, 6) is 0. The Hall–Kier alpha value is -0.770. The van der Waals surface area contributed by atoms with Gasteiger partial charge in [0, 0.05) is 0 Å². The van der Waals surface area contributed by atoms with Crippen LogP contribution < -0.4 is 0 Å². The SMILES string of the molecule is CCCCOC(=O)OO. The molecule has 0 radical (unpaired) electrons. The first-order valence-electron chi connectivity index (χ1n) is 2.79. The largest absolute Gasteiger partial charge is 0.540 e.